The van der Waals surface area contributed by atoms with E-state index in [-0.39, 0.29) is 29.0 Å². The molecule has 0 aromatic heterocycles. The number of hydrogen-bond acceptors (Lipinski definition) is 2. The van der Waals surface area contributed by atoms with Gasteiger partial charge in [-0.05, 0) is 24.2 Å². The molecule has 2 heteroatoms. The molecule has 0 unspecified atom stereocenters. The first kappa shape index (κ1) is 14.0. The van der Waals surface area contributed by atoms with Crippen LogP contribution in [0.2, 0.25) is 0 Å². The van der Waals surface area contributed by atoms with Gasteiger partial charge in [-0.2, -0.15) is 0 Å². The number of ketones is 1. The Labute approximate surface area is 115 Å². The van der Waals surface area contributed by atoms with Gasteiger partial charge in [-0.3, -0.25) is 4.79 Å². The Balaban J connectivity index is 2.29. The number of hydrogen-bond donors (Lipinski definition) is 0. The zero-order valence-electron chi connectivity index (χ0n) is 11.9. The molecule has 3 atom stereocenters. The monoisotopic (exact) mass is 258 g/mol. The molecule has 102 valence electrons. The van der Waals surface area contributed by atoms with Gasteiger partial charge in [0, 0.05) is 17.4 Å². The van der Waals surface area contributed by atoms with E-state index in [9.17, 15) is 9.59 Å². The Bertz CT molecular complexity index is 456. The first-order valence-corrected chi connectivity index (χ1v) is 6.99. The summed E-state index contributed by atoms with van der Waals surface area (Å²) in [5.41, 5.74) is 0.755. The van der Waals surface area contributed by atoms with Crippen molar-refractivity contribution in [3.63, 3.8) is 0 Å². The molecular formula is C17H22O2. The lowest BCUT2D eigenvalue weighted by Crippen LogP contribution is -2.33. The van der Waals surface area contributed by atoms with Crippen LogP contribution in [0.4, 0.5) is 0 Å². The molecular weight excluding hydrogens is 236 g/mol. The molecule has 1 aromatic rings. The Hall–Kier alpha value is -1.44. The summed E-state index contributed by atoms with van der Waals surface area (Å²) < 4.78 is 0. The van der Waals surface area contributed by atoms with Crippen molar-refractivity contribution >= 4 is 12.1 Å². The second-order valence-corrected chi connectivity index (χ2v) is 6.61. The second kappa shape index (κ2) is 5.28. The van der Waals surface area contributed by atoms with Crippen LogP contribution in [0.25, 0.3) is 0 Å². The van der Waals surface area contributed by atoms with Crippen molar-refractivity contribution in [3.05, 3.63) is 35.9 Å². The first-order chi connectivity index (χ1) is 8.95. The predicted molar refractivity (Wildman–Crippen MR) is 76.0 cm³/mol. The van der Waals surface area contributed by atoms with E-state index in [2.05, 4.69) is 20.8 Å². The van der Waals surface area contributed by atoms with Gasteiger partial charge in [0.05, 0.1) is 0 Å². The van der Waals surface area contributed by atoms with Gasteiger partial charge in [0.2, 0.25) is 0 Å². The van der Waals surface area contributed by atoms with Gasteiger partial charge in [0.25, 0.3) is 0 Å². The van der Waals surface area contributed by atoms with E-state index in [0.717, 1.165) is 24.7 Å². The SMILES string of the molecule is CC(C)(C)[C@@H]1[C@@H](C=O)CC[C@H]1C(=O)c1ccccc1. The molecule has 0 heterocycles. The molecule has 0 aliphatic heterocycles. The fourth-order valence-corrected chi connectivity index (χ4v) is 3.54. The standard InChI is InChI=1S/C17H22O2/c1-17(2,3)15-13(11-18)9-10-14(15)16(19)12-7-5-4-6-8-12/h4-8,11,13-15H,9-10H2,1-3H3/t13-,14-,15-/m1/s1. The smallest absolute Gasteiger partial charge is 0.166 e. The lowest BCUT2D eigenvalue weighted by Gasteiger charge is -2.34. The molecule has 2 nitrogen and oxygen atoms in total. The van der Waals surface area contributed by atoms with Gasteiger partial charge >= 0.3 is 0 Å². The highest BCUT2D eigenvalue weighted by molar-refractivity contribution is 5.98. The lowest BCUT2D eigenvalue weighted by atomic mass is 9.69. The average molecular weight is 258 g/mol. The zero-order chi connectivity index (χ0) is 14.0. The molecule has 0 saturated heterocycles. The zero-order valence-corrected chi connectivity index (χ0v) is 11.9. The maximum absolute atomic E-state index is 12.6. The van der Waals surface area contributed by atoms with Gasteiger partial charge in [-0.15, -0.1) is 0 Å². The number of benzene rings is 1. The molecule has 1 aliphatic carbocycles. The Morgan fingerprint density at radius 1 is 1.16 bits per heavy atom. The van der Waals surface area contributed by atoms with Crippen molar-refractivity contribution in [1.29, 1.82) is 0 Å². The van der Waals surface area contributed by atoms with E-state index < -0.39 is 0 Å². The van der Waals surface area contributed by atoms with Crippen LogP contribution >= 0.6 is 0 Å². The minimum atomic E-state index is -0.0167. The Morgan fingerprint density at radius 3 is 2.32 bits per heavy atom. The highest BCUT2D eigenvalue weighted by atomic mass is 16.1. The van der Waals surface area contributed by atoms with Crippen LogP contribution in [0.15, 0.2) is 30.3 Å². The summed E-state index contributed by atoms with van der Waals surface area (Å²) in [5, 5.41) is 0. The number of carbonyl (C=O) groups is 2. The molecule has 0 spiro atoms. The molecule has 1 fully saturated rings. The van der Waals surface area contributed by atoms with Crippen molar-refractivity contribution in [2.45, 2.75) is 33.6 Å². The average Bonchev–Trinajstić information content (AvgIpc) is 2.82. The summed E-state index contributed by atoms with van der Waals surface area (Å²) in [6, 6.07) is 9.45. The number of Topliss-reactive ketones (excluding diaryl/α,β-unsaturated/α-hetero) is 1. The van der Waals surface area contributed by atoms with Gasteiger partial charge < -0.3 is 4.79 Å². The predicted octanol–water partition coefficient (Wildman–Crippen LogP) is 3.76. The molecule has 0 amide bonds. The van der Waals surface area contributed by atoms with Gasteiger partial charge in [0.15, 0.2) is 5.78 Å². The first-order valence-electron chi connectivity index (χ1n) is 6.99. The summed E-state index contributed by atoms with van der Waals surface area (Å²) in [6.07, 6.45) is 2.72. The van der Waals surface area contributed by atoms with Crippen molar-refractivity contribution in [2.75, 3.05) is 0 Å². The summed E-state index contributed by atoms with van der Waals surface area (Å²) >= 11 is 0. The maximum Gasteiger partial charge on any atom is 0.166 e. The molecule has 0 N–H and O–H groups in total. The quantitative estimate of drug-likeness (QED) is 0.611. The third kappa shape index (κ3) is 2.78. The molecule has 1 aromatic carbocycles. The largest absolute Gasteiger partial charge is 0.303 e. The van der Waals surface area contributed by atoms with Gasteiger partial charge in [0.1, 0.15) is 6.29 Å². The fourth-order valence-electron chi connectivity index (χ4n) is 3.54. The van der Waals surface area contributed by atoms with E-state index in [1.807, 2.05) is 30.3 Å². The molecule has 2 rings (SSSR count). The summed E-state index contributed by atoms with van der Waals surface area (Å²) in [7, 11) is 0. The number of carbonyl (C=O) groups excluding carboxylic acids is 2. The Kier molecular flexibility index (Phi) is 3.88. The highest BCUT2D eigenvalue weighted by Crippen LogP contribution is 2.47. The van der Waals surface area contributed by atoms with Crippen LogP contribution < -0.4 is 0 Å². The summed E-state index contributed by atoms with van der Waals surface area (Å²) in [4.78, 5) is 23.9. The minimum Gasteiger partial charge on any atom is -0.303 e. The van der Waals surface area contributed by atoms with E-state index >= 15 is 0 Å². The van der Waals surface area contributed by atoms with Crippen LogP contribution in [0.1, 0.15) is 44.0 Å². The van der Waals surface area contributed by atoms with E-state index in [1.54, 1.807) is 0 Å². The van der Waals surface area contributed by atoms with Crippen LogP contribution in [0, 0.1) is 23.2 Å². The Morgan fingerprint density at radius 2 is 1.79 bits per heavy atom. The lowest BCUT2D eigenvalue weighted by molar-refractivity contribution is -0.113. The van der Waals surface area contributed by atoms with Gasteiger partial charge in [-0.1, -0.05) is 51.1 Å². The van der Waals surface area contributed by atoms with Crippen molar-refractivity contribution in [1.82, 2.24) is 0 Å². The van der Waals surface area contributed by atoms with Crippen molar-refractivity contribution in [3.8, 4) is 0 Å². The molecule has 19 heavy (non-hydrogen) atoms. The second-order valence-electron chi connectivity index (χ2n) is 6.61. The molecule has 1 saturated carbocycles. The van der Waals surface area contributed by atoms with Crippen LogP contribution in [-0.4, -0.2) is 12.1 Å². The highest BCUT2D eigenvalue weighted by Gasteiger charge is 2.45. The van der Waals surface area contributed by atoms with E-state index in [0.29, 0.717) is 0 Å². The normalized spacial score (nSPS) is 27.2. The van der Waals surface area contributed by atoms with Crippen LogP contribution in [0.3, 0.4) is 0 Å². The number of aldehydes is 1. The molecule has 0 radical (unpaired) electrons. The van der Waals surface area contributed by atoms with E-state index in [1.165, 1.54) is 0 Å². The van der Waals surface area contributed by atoms with Crippen LogP contribution in [0.5, 0.6) is 0 Å². The fraction of sp³-hybridized carbons (Fsp3) is 0.529. The maximum atomic E-state index is 12.6. The summed E-state index contributed by atoms with van der Waals surface area (Å²) in [5.74, 6) is 0.359. The van der Waals surface area contributed by atoms with E-state index in [4.69, 9.17) is 0 Å². The van der Waals surface area contributed by atoms with Crippen molar-refractivity contribution in [2.24, 2.45) is 23.2 Å². The molecule has 1 aliphatic rings. The van der Waals surface area contributed by atoms with Crippen LogP contribution in [-0.2, 0) is 4.79 Å². The third-order valence-corrected chi connectivity index (χ3v) is 4.28. The minimum absolute atomic E-state index is 0.0161. The summed E-state index contributed by atoms with van der Waals surface area (Å²) in [6.45, 7) is 6.39. The number of rotatable bonds is 3. The third-order valence-electron chi connectivity index (χ3n) is 4.28. The van der Waals surface area contributed by atoms with Crippen molar-refractivity contribution < 1.29 is 9.59 Å². The molecule has 0 bridgehead atoms. The van der Waals surface area contributed by atoms with Gasteiger partial charge in [-0.25, -0.2) is 0 Å². The topological polar surface area (TPSA) is 34.1 Å².